The van der Waals surface area contributed by atoms with Crippen molar-refractivity contribution in [1.82, 2.24) is 0 Å². The van der Waals surface area contributed by atoms with Crippen LogP contribution in [0.1, 0.15) is 98.8 Å². The second-order valence-corrected chi connectivity index (χ2v) is 9.32. The van der Waals surface area contributed by atoms with Crippen LogP contribution in [0.3, 0.4) is 0 Å². The van der Waals surface area contributed by atoms with E-state index < -0.39 is 27.0 Å². The van der Waals surface area contributed by atoms with Gasteiger partial charge in [-0.2, -0.15) is 0 Å². The van der Waals surface area contributed by atoms with Gasteiger partial charge < -0.3 is 14.0 Å². The van der Waals surface area contributed by atoms with Gasteiger partial charge in [0.2, 0.25) is 0 Å². The molecule has 1 aromatic carbocycles. The Labute approximate surface area is 252 Å². The van der Waals surface area contributed by atoms with E-state index in [1.807, 2.05) is 12.2 Å². The molecule has 0 aromatic heterocycles. The molecule has 7 nitrogen and oxygen atoms in total. The molecule has 0 aliphatic heterocycles. The predicted molar refractivity (Wildman–Crippen MR) is 131 cm³/mol. The summed E-state index contributed by atoms with van der Waals surface area (Å²) in [6.07, 6.45) is 17.5. The Morgan fingerprint density at radius 2 is 1.20 bits per heavy atom. The van der Waals surface area contributed by atoms with Gasteiger partial charge in [0, 0.05) is 0 Å². The van der Waals surface area contributed by atoms with Gasteiger partial charge in [0.15, 0.2) is 0 Å². The van der Waals surface area contributed by atoms with Gasteiger partial charge in [0.05, 0.1) is 29.2 Å². The number of rotatable bonds is 17. The quantitative estimate of drug-likeness (QED) is 0.0997. The zero-order chi connectivity index (χ0) is 25.2. The van der Waals surface area contributed by atoms with E-state index in [0.717, 1.165) is 69.6 Å². The fourth-order valence-corrected chi connectivity index (χ4v) is 3.53. The molecule has 0 aliphatic carbocycles. The number of carbonyl (C=O) groups is 2. The molecule has 0 aliphatic rings. The first-order valence-corrected chi connectivity index (χ1v) is 13.5. The first kappa shape index (κ1) is 34.2. The summed E-state index contributed by atoms with van der Waals surface area (Å²) in [6, 6.07) is 2.99. The molecule has 0 saturated heterocycles. The minimum Gasteiger partial charge on any atom is -0.744 e. The van der Waals surface area contributed by atoms with Crippen molar-refractivity contribution < 1.29 is 83.4 Å². The molecule has 0 spiro atoms. The molecule has 0 saturated carbocycles. The SMILES string of the molecule is CCCC/C=C/CCCOC(=O)c1ccc(S(=O)(=O)[O-])cc1C(=O)OCCC/C=C/CCCC.[K+]. The molecule has 9 heteroatoms. The molecule has 1 rings (SSSR count). The number of carbonyl (C=O) groups excluding carboxylic acids is 2. The molecule has 0 atom stereocenters. The molecule has 0 fully saturated rings. The number of esters is 2. The van der Waals surface area contributed by atoms with E-state index in [4.69, 9.17) is 9.47 Å². The van der Waals surface area contributed by atoms with Gasteiger partial charge >= 0.3 is 63.3 Å². The van der Waals surface area contributed by atoms with Crippen molar-refractivity contribution in [2.75, 3.05) is 13.2 Å². The van der Waals surface area contributed by atoms with Crippen LogP contribution in [0.25, 0.3) is 0 Å². The summed E-state index contributed by atoms with van der Waals surface area (Å²) in [6.45, 7) is 4.50. The van der Waals surface area contributed by atoms with Crippen LogP contribution in [0.15, 0.2) is 47.4 Å². The molecule has 190 valence electrons. The maximum absolute atomic E-state index is 12.6. The Balaban J connectivity index is 0.0000116. The number of unbranched alkanes of at least 4 members (excludes halogenated alkanes) is 6. The summed E-state index contributed by atoms with van der Waals surface area (Å²) in [7, 11) is -4.80. The predicted octanol–water partition coefficient (Wildman–Crippen LogP) is 2.96. The molecule has 0 radical (unpaired) electrons. The molecule has 1 aromatic rings. The van der Waals surface area contributed by atoms with E-state index in [9.17, 15) is 22.6 Å². The third-order valence-corrected chi connectivity index (χ3v) is 5.83. The standard InChI is InChI=1S/C26H38O7S.K/c1-3-5-7-9-11-13-15-19-32-25(27)23-18-17-22(34(29,30)31)21-24(23)26(28)33-20-16-14-12-10-8-6-4-2;/h9-12,17-18,21H,3-8,13-16,19-20H2,1-2H3,(H,29,30,31);/q;+1/p-1/b11-9+,12-10+;. The molecule has 0 N–H and O–H groups in total. The Kier molecular flexibility index (Phi) is 19.8. The number of hydrogen-bond acceptors (Lipinski definition) is 7. The van der Waals surface area contributed by atoms with E-state index in [1.165, 1.54) is 0 Å². The monoisotopic (exact) mass is 532 g/mol. The zero-order valence-corrected chi connectivity index (χ0v) is 25.2. The first-order valence-electron chi connectivity index (χ1n) is 12.0. The minimum atomic E-state index is -4.80. The molecule has 0 bridgehead atoms. The summed E-state index contributed by atoms with van der Waals surface area (Å²) in [5, 5.41) is 0. The molecule has 0 unspecified atom stereocenters. The average molecular weight is 533 g/mol. The van der Waals surface area contributed by atoms with Crippen molar-refractivity contribution in [3.63, 3.8) is 0 Å². The van der Waals surface area contributed by atoms with Gasteiger partial charge in [-0.05, 0) is 56.7 Å². The van der Waals surface area contributed by atoms with Gasteiger partial charge in [-0.25, -0.2) is 18.0 Å². The van der Waals surface area contributed by atoms with Crippen molar-refractivity contribution in [2.45, 2.75) is 83.0 Å². The fraction of sp³-hybridized carbons (Fsp3) is 0.538. The second kappa shape index (κ2) is 20.3. The Morgan fingerprint density at radius 1 is 0.771 bits per heavy atom. The average Bonchev–Trinajstić information content (AvgIpc) is 2.81. The maximum Gasteiger partial charge on any atom is 1.00 e. The molecular formula is C26H37KO7S. The van der Waals surface area contributed by atoms with Gasteiger partial charge in [-0.15, -0.1) is 0 Å². The summed E-state index contributed by atoms with van der Waals surface area (Å²) in [4.78, 5) is 24.5. The Morgan fingerprint density at radius 3 is 1.63 bits per heavy atom. The summed E-state index contributed by atoms with van der Waals surface area (Å²) < 4.78 is 44.7. The maximum atomic E-state index is 12.6. The largest absolute Gasteiger partial charge is 1.00 e. The third-order valence-electron chi connectivity index (χ3n) is 5.00. The van der Waals surface area contributed by atoms with Gasteiger partial charge in [-0.1, -0.05) is 63.8 Å². The molecule has 35 heavy (non-hydrogen) atoms. The fourth-order valence-electron chi connectivity index (χ4n) is 3.03. The number of allylic oxidation sites excluding steroid dienone is 4. The zero-order valence-electron chi connectivity index (χ0n) is 21.3. The van der Waals surface area contributed by atoms with Crippen molar-refractivity contribution >= 4 is 22.1 Å². The van der Waals surface area contributed by atoms with Crippen LogP contribution in [0, 0.1) is 0 Å². The van der Waals surface area contributed by atoms with Crippen LogP contribution < -0.4 is 51.4 Å². The van der Waals surface area contributed by atoms with E-state index in [1.54, 1.807) is 0 Å². The van der Waals surface area contributed by atoms with E-state index in [0.29, 0.717) is 12.8 Å². The Bertz CT molecular complexity index is 924. The first-order chi connectivity index (χ1) is 16.3. The van der Waals surface area contributed by atoms with Crippen LogP contribution >= 0.6 is 0 Å². The third kappa shape index (κ3) is 15.1. The van der Waals surface area contributed by atoms with Crippen molar-refractivity contribution in [2.24, 2.45) is 0 Å². The van der Waals surface area contributed by atoms with Crippen LogP contribution in [0.2, 0.25) is 0 Å². The van der Waals surface area contributed by atoms with E-state index >= 15 is 0 Å². The molecular weight excluding hydrogens is 495 g/mol. The number of hydrogen-bond donors (Lipinski definition) is 0. The van der Waals surface area contributed by atoms with Crippen LogP contribution in [-0.2, 0) is 19.6 Å². The van der Waals surface area contributed by atoms with Crippen molar-refractivity contribution in [3.05, 3.63) is 53.6 Å². The minimum absolute atomic E-state index is 0. The normalized spacial score (nSPS) is 11.5. The topological polar surface area (TPSA) is 110 Å². The summed E-state index contributed by atoms with van der Waals surface area (Å²) in [5.41, 5.74) is -0.421. The van der Waals surface area contributed by atoms with Crippen LogP contribution in [-0.4, -0.2) is 38.1 Å². The van der Waals surface area contributed by atoms with Crippen molar-refractivity contribution in [3.8, 4) is 0 Å². The summed E-state index contributed by atoms with van der Waals surface area (Å²) >= 11 is 0. The molecule has 0 amide bonds. The van der Waals surface area contributed by atoms with E-state index in [2.05, 4.69) is 26.0 Å². The van der Waals surface area contributed by atoms with Gasteiger partial charge in [0.25, 0.3) is 0 Å². The summed E-state index contributed by atoms with van der Waals surface area (Å²) in [5.74, 6) is -1.64. The number of ether oxygens (including phenoxy) is 2. The van der Waals surface area contributed by atoms with Gasteiger partial charge in [-0.3, -0.25) is 0 Å². The van der Waals surface area contributed by atoms with Crippen LogP contribution in [0.4, 0.5) is 0 Å². The van der Waals surface area contributed by atoms with Crippen LogP contribution in [0.5, 0.6) is 0 Å². The number of benzene rings is 1. The van der Waals surface area contributed by atoms with E-state index in [-0.39, 0.29) is 75.7 Å². The molecule has 0 heterocycles. The van der Waals surface area contributed by atoms with Gasteiger partial charge in [0.1, 0.15) is 10.1 Å². The smallest absolute Gasteiger partial charge is 0.744 e. The Hall–Kier alpha value is -0.814. The van der Waals surface area contributed by atoms with Crippen molar-refractivity contribution in [1.29, 1.82) is 0 Å². The second-order valence-electron chi connectivity index (χ2n) is 7.95.